The first-order valence-corrected chi connectivity index (χ1v) is 10.7. The van der Waals surface area contributed by atoms with Gasteiger partial charge in [0.1, 0.15) is 5.56 Å². The Balaban J connectivity index is 1.79. The van der Waals surface area contributed by atoms with Crippen LogP contribution in [0.2, 0.25) is 0 Å². The van der Waals surface area contributed by atoms with Crippen LogP contribution in [0.15, 0.2) is 60.8 Å². The van der Waals surface area contributed by atoms with Gasteiger partial charge in [-0.15, -0.1) is 0 Å². The van der Waals surface area contributed by atoms with Crippen LogP contribution in [0.25, 0.3) is 11.1 Å². The van der Waals surface area contributed by atoms with E-state index in [0.717, 1.165) is 0 Å². The predicted molar refractivity (Wildman–Crippen MR) is 116 cm³/mol. The lowest BCUT2D eigenvalue weighted by atomic mass is 9.98. The Morgan fingerprint density at radius 3 is 2.20 bits per heavy atom. The van der Waals surface area contributed by atoms with Crippen LogP contribution in [0.5, 0.6) is 5.88 Å². The summed E-state index contributed by atoms with van der Waals surface area (Å²) >= 11 is 0. The van der Waals surface area contributed by atoms with Crippen molar-refractivity contribution in [1.29, 1.82) is 0 Å². The van der Waals surface area contributed by atoms with Crippen molar-refractivity contribution in [3.8, 4) is 17.0 Å². The van der Waals surface area contributed by atoms with Gasteiger partial charge in [-0.3, -0.25) is 4.79 Å². The number of alkyl halides is 6. The quantitative estimate of drug-likeness (QED) is 0.393. The minimum Gasteiger partial charge on any atom is -0.477 e. The standard InChI is InChI=1S/C25H20F6N2O2/c1-15-12-33(13-16-9-18(24(26,27)28)11-19(10-16)25(29,30)31)23(34)21-20(17-5-3-2-4-6-17)7-8-32-22(21)35-14-15/h2-11,15H,12-14H2,1H3/t15-/m1/s1. The number of nitrogens with zero attached hydrogens (tertiary/aromatic N) is 2. The van der Waals surface area contributed by atoms with Crippen LogP contribution < -0.4 is 4.74 Å². The van der Waals surface area contributed by atoms with E-state index in [4.69, 9.17) is 4.74 Å². The summed E-state index contributed by atoms with van der Waals surface area (Å²) in [6.07, 6.45) is -8.48. The molecule has 0 saturated carbocycles. The lowest BCUT2D eigenvalue weighted by Crippen LogP contribution is -2.38. The fourth-order valence-corrected chi connectivity index (χ4v) is 3.98. The van der Waals surface area contributed by atoms with Crippen LogP contribution in [0.3, 0.4) is 0 Å². The summed E-state index contributed by atoms with van der Waals surface area (Å²) in [5.41, 5.74) is -1.83. The molecular formula is C25H20F6N2O2. The number of fused-ring (bicyclic) bond motifs is 1. The average Bonchev–Trinajstić information content (AvgIpc) is 2.80. The molecule has 4 rings (SSSR count). The zero-order valence-corrected chi connectivity index (χ0v) is 18.5. The molecule has 1 aromatic heterocycles. The summed E-state index contributed by atoms with van der Waals surface area (Å²) in [7, 11) is 0. The Bertz CT molecular complexity index is 1190. The van der Waals surface area contributed by atoms with Crippen LogP contribution >= 0.6 is 0 Å². The number of aromatic nitrogens is 1. The van der Waals surface area contributed by atoms with Crippen molar-refractivity contribution in [1.82, 2.24) is 9.88 Å². The Kier molecular flexibility index (Phi) is 6.48. The molecule has 0 radical (unpaired) electrons. The highest BCUT2D eigenvalue weighted by Gasteiger charge is 2.37. The van der Waals surface area contributed by atoms with Crippen LogP contribution in [0.4, 0.5) is 26.3 Å². The largest absolute Gasteiger partial charge is 0.477 e. The number of halogens is 6. The summed E-state index contributed by atoms with van der Waals surface area (Å²) in [6, 6.07) is 11.9. The van der Waals surface area contributed by atoms with Crippen LogP contribution in [0.1, 0.15) is 34.0 Å². The van der Waals surface area contributed by atoms with E-state index in [2.05, 4.69) is 4.98 Å². The van der Waals surface area contributed by atoms with E-state index in [1.165, 1.54) is 11.1 Å². The van der Waals surface area contributed by atoms with Crippen LogP contribution in [-0.2, 0) is 18.9 Å². The van der Waals surface area contributed by atoms with Gasteiger partial charge in [0.05, 0.1) is 17.7 Å². The summed E-state index contributed by atoms with van der Waals surface area (Å²) in [4.78, 5) is 19.1. The van der Waals surface area contributed by atoms with E-state index in [-0.39, 0.29) is 42.1 Å². The molecule has 0 unspecified atom stereocenters. The Labute approximate surface area is 197 Å². The Morgan fingerprint density at radius 1 is 0.971 bits per heavy atom. The fraction of sp³-hybridized carbons (Fsp3) is 0.280. The summed E-state index contributed by atoms with van der Waals surface area (Å²) in [5, 5.41) is 0. The van der Waals surface area contributed by atoms with E-state index in [1.807, 2.05) is 0 Å². The van der Waals surface area contributed by atoms with Crippen LogP contribution in [-0.4, -0.2) is 28.9 Å². The minimum absolute atomic E-state index is 0.0629. The van der Waals surface area contributed by atoms with Crippen molar-refractivity contribution in [2.45, 2.75) is 25.8 Å². The van der Waals surface area contributed by atoms with E-state index in [0.29, 0.717) is 23.3 Å². The Morgan fingerprint density at radius 2 is 1.60 bits per heavy atom. The van der Waals surface area contributed by atoms with Gasteiger partial charge in [0.25, 0.3) is 5.91 Å². The maximum atomic E-state index is 13.7. The lowest BCUT2D eigenvalue weighted by Gasteiger charge is -2.30. The number of ether oxygens (including phenoxy) is 1. The van der Waals surface area contributed by atoms with Crippen molar-refractivity contribution < 1.29 is 35.9 Å². The number of amides is 1. The number of pyridine rings is 1. The molecule has 1 atom stereocenters. The zero-order valence-electron chi connectivity index (χ0n) is 18.5. The highest BCUT2D eigenvalue weighted by atomic mass is 19.4. The van der Waals surface area contributed by atoms with Gasteiger partial charge in [-0.1, -0.05) is 37.3 Å². The van der Waals surface area contributed by atoms with Gasteiger partial charge in [-0.2, -0.15) is 26.3 Å². The normalized spacial score (nSPS) is 16.8. The van der Waals surface area contributed by atoms with Gasteiger partial charge >= 0.3 is 12.4 Å². The molecule has 0 fully saturated rings. The number of rotatable bonds is 3. The molecule has 0 N–H and O–H groups in total. The fourth-order valence-electron chi connectivity index (χ4n) is 3.98. The first kappa shape index (κ1) is 24.6. The van der Waals surface area contributed by atoms with Crippen molar-refractivity contribution >= 4 is 5.91 Å². The van der Waals surface area contributed by atoms with Crippen molar-refractivity contribution in [2.75, 3.05) is 13.2 Å². The molecule has 0 spiro atoms. The van der Waals surface area contributed by atoms with Gasteiger partial charge in [-0.25, -0.2) is 4.98 Å². The van der Waals surface area contributed by atoms with E-state index >= 15 is 0 Å². The topological polar surface area (TPSA) is 42.4 Å². The van der Waals surface area contributed by atoms with E-state index in [9.17, 15) is 31.1 Å². The molecule has 2 heterocycles. The van der Waals surface area contributed by atoms with Gasteiger partial charge < -0.3 is 9.64 Å². The molecule has 10 heteroatoms. The summed E-state index contributed by atoms with van der Waals surface area (Å²) < 4.78 is 85.8. The molecule has 3 aromatic rings. The number of hydrogen-bond donors (Lipinski definition) is 0. The van der Waals surface area contributed by atoms with Gasteiger partial charge in [0.15, 0.2) is 0 Å². The smallest absolute Gasteiger partial charge is 0.416 e. The maximum absolute atomic E-state index is 13.7. The molecule has 1 aliphatic heterocycles. The second-order valence-corrected chi connectivity index (χ2v) is 8.42. The molecule has 184 valence electrons. The molecule has 1 aliphatic rings. The summed E-state index contributed by atoms with van der Waals surface area (Å²) in [6.45, 7) is 1.55. The second-order valence-electron chi connectivity index (χ2n) is 8.42. The summed E-state index contributed by atoms with van der Waals surface area (Å²) in [5.74, 6) is -0.778. The van der Waals surface area contributed by atoms with E-state index < -0.39 is 35.9 Å². The molecular weight excluding hydrogens is 474 g/mol. The predicted octanol–water partition coefficient (Wildman–Crippen LogP) is 6.46. The third kappa shape index (κ3) is 5.41. The molecule has 1 amide bonds. The van der Waals surface area contributed by atoms with Crippen molar-refractivity contribution in [2.24, 2.45) is 5.92 Å². The maximum Gasteiger partial charge on any atom is 0.416 e. The van der Waals surface area contributed by atoms with Crippen molar-refractivity contribution in [3.05, 3.63) is 83.0 Å². The number of carbonyl (C=O) groups excluding carboxylic acids is 1. The first-order chi connectivity index (χ1) is 16.4. The minimum atomic E-state index is -4.98. The zero-order chi connectivity index (χ0) is 25.4. The third-order valence-electron chi connectivity index (χ3n) is 5.56. The highest BCUT2D eigenvalue weighted by molar-refractivity contribution is 6.03. The monoisotopic (exact) mass is 494 g/mol. The van der Waals surface area contributed by atoms with Crippen molar-refractivity contribution in [3.63, 3.8) is 0 Å². The highest BCUT2D eigenvalue weighted by Crippen LogP contribution is 2.37. The molecule has 0 aliphatic carbocycles. The molecule has 0 bridgehead atoms. The van der Waals surface area contributed by atoms with Gasteiger partial charge in [-0.05, 0) is 35.4 Å². The number of hydrogen-bond acceptors (Lipinski definition) is 3. The molecule has 2 aromatic carbocycles. The average molecular weight is 494 g/mol. The molecule has 35 heavy (non-hydrogen) atoms. The van der Waals surface area contributed by atoms with E-state index in [1.54, 1.807) is 43.3 Å². The van der Waals surface area contributed by atoms with Gasteiger partial charge in [0.2, 0.25) is 5.88 Å². The second kappa shape index (κ2) is 9.24. The molecule has 0 saturated heterocycles. The lowest BCUT2D eigenvalue weighted by molar-refractivity contribution is -0.143. The molecule has 4 nitrogen and oxygen atoms in total. The van der Waals surface area contributed by atoms with Gasteiger partial charge in [0, 0.05) is 30.8 Å². The first-order valence-electron chi connectivity index (χ1n) is 10.7. The number of benzene rings is 2. The SMILES string of the molecule is C[C@H]1COc2nccc(-c3ccccc3)c2C(=O)N(Cc2cc(C(F)(F)F)cc(C(F)(F)F)c2)C1. The number of carbonyl (C=O) groups is 1. The van der Waals surface area contributed by atoms with Crippen LogP contribution in [0, 0.1) is 5.92 Å². The Hall–Kier alpha value is -3.56. The third-order valence-corrected chi connectivity index (χ3v) is 5.56.